The van der Waals surface area contributed by atoms with Gasteiger partial charge in [0.1, 0.15) is 5.76 Å². The summed E-state index contributed by atoms with van der Waals surface area (Å²) in [6.45, 7) is 4.83. The van der Waals surface area contributed by atoms with Crippen LogP contribution in [0.25, 0.3) is 10.2 Å². The topological polar surface area (TPSA) is 64.1 Å². The Kier molecular flexibility index (Phi) is 7.35. The Morgan fingerprint density at radius 1 is 1.35 bits per heavy atom. The number of halogens is 2. The maximum absolute atomic E-state index is 5.93. The molecule has 0 aromatic carbocycles. The normalized spacial score (nSPS) is 11.6. The molecule has 0 aliphatic rings. The van der Waals surface area contributed by atoms with Gasteiger partial charge in [-0.05, 0) is 44.0 Å². The third-order valence-electron chi connectivity index (χ3n) is 3.44. The van der Waals surface area contributed by atoms with Gasteiger partial charge in [-0.1, -0.05) is 0 Å². The zero-order valence-electron chi connectivity index (χ0n) is 13.0. The molecule has 0 spiro atoms. The first-order valence-corrected chi connectivity index (χ1v) is 7.85. The molecule has 23 heavy (non-hydrogen) atoms. The van der Waals surface area contributed by atoms with Crippen molar-refractivity contribution in [2.75, 3.05) is 5.32 Å². The van der Waals surface area contributed by atoms with Crippen molar-refractivity contribution in [2.45, 2.75) is 32.9 Å². The summed E-state index contributed by atoms with van der Waals surface area (Å²) in [7, 11) is 0. The number of nitrogens with two attached hydrogens (primary N) is 1. The van der Waals surface area contributed by atoms with E-state index < -0.39 is 0 Å². The minimum absolute atomic E-state index is 0. The largest absolute Gasteiger partial charge is 0.467 e. The molecule has 3 rings (SSSR count). The Balaban J connectivity index is 0.00000132. The highest BCUT2D eigenvalue weighted by Crippen LogP contribution is 2.35. The van der Waals surface area contributed by atoms with E-state index in [0.29, 0.717) is 6.54 Å². The molecule has 4 nitrogen and oxygen atoms in total. The highest BCUT2D eigenvalue weighted by atomic mass is 35.5. The number of aromatic nitrogens is 1. The second-order valence-corrected chi connectivity index (χ2v) is 6.41. The van der Waals surface area contributed by atoms with Crippen LogP contribution in [0.15, 0.2) is 35.1 Å². The summed E-state index contributed by atoms with van der Waals surface area (Å²) in [5.41, 5.74) is 9.35. The lowest BCUT2D eigenvalue weighted by molar-refractivity contribution is 0.518. The predicted octanol–water partition coefficient (Wildman–Crippen LogP) is 4.54. The van der Waals surface area contributed by atoms with Gasteiger partial charge in [0.25, 0.3) is 0 Å². The average molecular weight is 374 g/mol. The molecule has 0 aliphatic heterocycles. The number of nitrogens with one attached hydrogen (secondary N) is 1. The standard InChI is InChI=1S/C16H19N3OS.2ClH/c1-10(17)8-14-11(2)15-16(21-14)13(5-6-18-15)19-9-12-4-3-7-20-12;;/h3-7,10H,8-9,17H2,1-2H3,(H,18,19);2*1H/t10-;;/m0../s1. The van der Waals surface area contributed by atoms with Gasteiger partial charge in [0.05, 0.1) is 28.7 Å². The van der Waals surface area contributed by atoms with E-state index in [1.165, 1.54) is 15.1 Å². The Morgan fingerprint density at radius 2 is 2.13 bits per heavy atom. The molecule has 3 N–H and O–H groups in total. The van der Waals surface area contributed by atoms with E-state index in [0.717, 1.165) is 23.4 Å². The molecule has 0 fully saturated rings. The zero-order chi connectivity index (χ0) is 14.8. The fourth-order valence-corrected chi connectivity index (χ4v) is 3.77. The second-order valence-electron chi connectivity index (χ2n) is 5.30. The quantitative estimate of drug-likeness (QED) is 0.688. The SMILES string of the molecule is Cc1c(C[C@H](C)N)sc2c(NCc3ccco3)ccnc12.Cl.Cl. The van der Waals surface area contributed by atoms with Gasteiger partial charge in [0.2, 0.25) is 0 Å². The number of anilines is 1. The molecule has 0 saturated heterocycles. The van der Waals surface area contributed by atoms with Crippen LogP contribution in [0.1, 0.15) is 23.1 Å². The van der Waals surface area contributed by atoms with Crippen molar-refractivity contribution in [1.29, 1.82) is 0 Å². The molecule has 3 aromatic rings. The van der Waals surface area contributed by atoms with E-state index in [-0.39, 0.29) is 30.9 Å². The van der Waals surface area contributed by atoms with Gasteiger partial charge in [0, 0.05) is 17.1 Å². The van der Waals surface area contributed by atoms with Gasteiger partial charge >= 0.3 is 0 Å². The van der Waals surface area contributed by atoms with Gasteiger partial charge in [-0.25, -0.2) is 0 Å². The van der Waals surface area contributed by atoms with Crippen molar-refractivity contribution >= 4 is 52.1 Å². The van der Waals surface area contributed by atoms with Gasteiger partial charge < -0.3 is 15.5 Å². The molecule has 3 heterocycles. The average Bonchev–Trinajstić information content (AvgIpc) is 3.06. The van der Waals surface area contributed by atoms with Crippen LogP contribution in [-0.4, -0.2) is 11.0 Å². The number of hydrogen-bond acceptors (Lipinski definition) is 5. The first kappa shape index (κ1) is 19.8. The zero-order valence-corrected chi connectivity index (χ0v) is 15.5. The van der Waals surface area contributed by atoms with Crippen molar-refractivity contribution < 1.29 is 4.42 Å². The number of rotatable bonds is 5. The van der Waals surface area contributed by atoms with Crippen LogP contribution in [0, 0.1) is 6.92 Å². The Labute approximate surface area is 152 Å². The van der Waals surface area contributed by atoms with E-state index in [9.17, 15) is 0 Å². The summed E-state index contributed by atoms with van der Waals surface area (Å²) in [5.74, 6) is 0.920. The van der Waals surface area contributed by atoms with Gasteiger partial charge in [-0.3, -0.25) is 4.98 Å². The number of pyridine rings is 1. The predicted molar refractivity (Wildman–Crippen MR) is 102 cm³/mol. The molecule has 0 saturated carbocycles. The summed E-state index contributed by atoms with van der Waals surface area (Å²) >= 11 is 1.78. The monoisotopic (exact) mass is 373 g/mol. The highest BCUT2D eigenvalue weighted by Gasteiger charge is 2.13. The highest BCUT2D eigenvalue weighted by molar-refractivity contribution is 7.19. The molecule has 3 aromatic heterocycles. The third-order valence-corrected chi connectivity index (χ3v) is 4.78. The fourth-order valence-electron chi connectivity index (χ4n) is 2.37. The number of nitrogens with zero attached hydrogens (tertiary/aromatic N) is 1. The molecule has 1 atom stereocenters. The van der Waals surface area contributed by atoms with E-state index >= 15 is 0 Å². The Hall–Kier alpha value is -1.27. The van der Waals surface area contributed by atoms with Crippen LogP contribution in [0.4, 0.5) is 5.69 Å². The van der Waals surface area contributed by atoms with Crippen LogP contribution in [0.3, 0.4) is 0 Å². The third kappa shape index (κ3) is 4.38. The molecule has 126 valence electrons. The van der Waals surface area contributed by atoms with Crippen molar-refractivity contribution in [1.82, 2.24) is 4.98 Å². The first-order valence-electron chi connectivity index (χ1n) is 7.04. The first-order chi connectivity index (χ1) is 10.1. The summed E-state index contributed by atoms with van der Waals surface area (Å²) in [6, 6.07) is 6.04. The number of fused-ring (bicyclic) bond motifs is 1. The molecule has 0 unspecified atom stereocenters. The molecular weight excluding hydrogens is 353 g/mol. The minimum Gasteiger partial charge on any atom is -0.467 e. The molecule has 7 heteroatoms. The second kappa shape index (κ2) is 8.55. The maximum Gasteiger partial charge on any atom is 0.122 e. The molecule has 0 aliphatic carbocycles. The molecule has 0 radical (unpaired) electrons. The van der Waals surface area contributed by atoms with Crippen LogP contribution < -0.4 is 11.1 Å². The van der Waals surface area contributed by atoms with Crippen molar-refractivity contribution in [3.63, 3.8) is 0 Å². The summed E-state index contributed by atoms with van der Waals surface area (Å²) in [4.78, 5) is 5.84. The number of aryl methyl sites for hydroxylation is 1. The fraction of sp³-hybridized carbons (Fsp3) is 0.312. The lowest BCUT2D eigenvalue weighted by Gasteiger charge is -2.05. The smallest absolute Gasteiger partial charge is 0.122 e. The van der Waals surface area contributed by atoms with Gasteiger partial charge in [0.15, 0.2) is 0 Å². The van der Waals surface area contributed by atoms with Gasteiger partial charge in [-0.15, -0.1) is 36.2 Å². The Morgan fingerprint density at radius 3 is 2.78 bits per heavy atom. The summed E-state index contributed by atoms with van der Waals surface area (Å²) < 4.78 is 6.55. The van der Waals surface area contributed by atoms with Crippen LogP contribution in [0.2, 0.25) is 0 Å². The maximum atomic E-state index is 5.93. The van der Waals surface area contributed by atoms with E-state index in [1.807, 2.05) is 31.3 Å². The van der Waals surface area contributed by atoms with Gasteiger partial charge in [-0.2, -0.15) is 0 Å². The van der Waals surface area contributed by atoms with Crippen LogP contribution >= 0.6 is 36.2 Å². The van der Waals surface area contributed by atoms with Crippen molar-refractivity contribution in [2.24, 2.45) is 5.73 Å². The number of furan rings is 1. The van der Waals surface area contributed by atoms with E-state index in [2.05, 4.69) is 17.2 Å². The van der Waals surface area contributed by atoms with E-state index in [1.54, 1.807) is 17.6 Å². The molecule has 0 amide bonds. The summed E-state index contributed by atoms with van der Waals surface area (Å²) in [6.07, 6.45) is 4.43. The van der Waals surface area contributed by atoms with E-state index in [4.69, 9.17) is 10.2 Å². The number of thiophene rings is 1. The Bertz CT molecular complexity index is 741. The van der Waals surface area contributed by atoms with Crippen LogP contribution in [-0.2, 0) is 13.0 Å². The summed E-state index contributed by atoms with van der Waals surface area (Å²) in [5, 5.41) is 3.43. The van der Waals surface area contributed by atoms with Crippen molar-refractivity contribution in [3.05, 3.63) is 46.9 Å². The lowest BCUT2D eigenvalue weighted by atomic mass is 10.1. The van der Waals surface area contributed by atoms with Crippen molar-refractivity contribution in [3.8, 4) is 0 Å². The number of hydrogen-bond donors (Lipinski definition) is 2. The lowest BCUT2D eigenvalue weighted by Crippen LogP contribution is -2.17. The van der Waals surface area contributed by atoms with Crippen LogP contribution in [0.5, 0.6) is 0 Å². The molecule has 0 bridgehead atoms. The minimum atomic E-state index is 0. The molecular formula is C16H21Cl2N3OS.